The highest BCUT2D eigenvalue weighted by Gasteiger charge is 2.36. The maximum Gasteiger partial charge on any atom is 0.127 e. The van der Waals surface area contributed by atoms with Crippen LogP contribution < -0.4 is 10.5 Å². The van der Waals surface area contributed by atoms with Gasteiger partial charge in [0.2, 0.25) is 0 Å². The molecular weight excluding hydrogens is 250 g/mol. The van der Waals surface area contributed by atoms with E-state index < -0.39 is 0 Å². The molecule has 1 fully saturated rings. The second kappa shape index (κ2) is 4.98. The summed E-state index contributed by atoms with van der Waals surface area (Å²) in [4.78, 5) is 0. The molecule has 0 heterocycles. The van der Waals surface area contributed by atoms with Gasteiger partial charge in [-0.05, 0) is 18.9 Å². The van der Waals surface area contributed by atoms with Crippen LogP contribution in [0.25, 0.3) is 10.8 Å². The first-order chi connectivity index (χ1) is 9.72. The van der Waals surface area contributed by atoms with Gasteiger partial charge in [0.05, 0.1) is 7.11 Å². The lowest BCUT2D eigenvalue weighted by Crippen LogP contribution is -2.32. The molecule has 0 saturated heterocycles. The number of hydrogen-bond acceptors (Lipinski definition) is 3. The summed E-state index contributed by atoms with van der Waals surface area (Å²) in [7, 11) is 1.65. The number of phenolic OH excluding ortho intramolecular Hbond substituents is 1. The Morgan fingerprint density at radius 1 is 1.15 bits per heavy atom. The summed E-state index contributed by atoms with van der Waals surface area (Å²) in [5, 5.41) is 12.5. The lowest BCUT2D eigenvalue weighted by Gasteiger charge is -2.29. The Labute approximate surface area is 119 Å². The maximum atomic E-state index is 10.7. The van der Waals surface area contributed by atoms with Gasteiger partial charge in [0, 0.05) is 28.3 Å². The largest absolute Gasteiger partial charge is 0.507 e. The van der Waals surface area contributed by atoms with Crippen LogP contribution in [-0.2, 0) is 5.41 Å². The minimum Gasteiger partial charge on any atom is -0.507 e. The molecule has 2 aromatic rings. The minimum atomic E-state index is -0.0542. The second-order valence-corrected chi connectivity index (χ2v) is 5.71. The van der Waals surface area contributed by atoms with E-state index >= 15 is 0 Å². The number of methoxy groups -OCH3 is 1. The lowest BCUT2D eigenvalue weighted by atomic mass is 9.77. The van der Waals surface area contributed by atoms with Crippen molar-refractivity contribution < 1.29 is 9.84 Å². The first kappa shape index (κ1) is 13.3. The fourth-order valence-electron chi connectivity index (χ4n) is 3.55. The zero-order valence-corrected chi connectivity index (χ0v) is 11.9. The van der Waals surface area contributed by atoms with Crippen molar-refractivity contribution in [3.8, 4) is 11.5 Å². The van der Waals surface area contributed by atoms with Crippen molar-refractivity contribution in [1.29, 1.82) is 0 Å². The van der Waals surface area contributed by atoms with Crippen molar-refractivity contribution in [3.63, 3.8) is 0 Å². The molecule has 1 aliphatic carbocycles. The van der Waals surface area contributed by atoms with E-state index in [-0.39, 0.29) is 5.41 Å². The molecule has 106 valence electrons. The summed E-state index contributed by atoms with van der Waals surface area (Å²) in [6, 6.07) is 9.83. The van der Waals surface area contributed by atoms with Gasteiger partial charge in [-0.3, -0.25) is 0 Å². The van der Waals surface area contributed by atoms with Crippen molar-refractivity contribution in [2.45, 2.75) is 31.1 Å². The molecule has 3 heteroatoms. The third-order valence-electron chi connectivity index (χ3n) is 4.74. The van der Waals surface area contributed by atoms with Gasteiger partial charge in [-0.2, -0.15) is 0 Å². The van der Waals surface area contributed by atoms with Crippen LogP contribution in [0, 0.1) is 0 Å². The number of ether oxygens (including phenoxy) is 1. The van der Waals surface area contributed by atoms with E-state index in [4.69, 9.17) is 10.5 Å². The number of hydrogen-bond donors (Lipinski definition) is 2. The topological polar surface area (TPSA) is 55.5 Å². The Bertz CT molecular complexity index is 630. The van der Waals surface area contributed by atoms with Crippen LogP contribution in [0.4, 0.5) is 0 Å². The van der Waals surface area contributed by atoms with E-state index in [1.165, 1.54) is 12.8 Å². The van der Waals surface area contributed by atoms with Crippen molar-refractivity contribution in [1.82, 2.24) is 0 Å². The van der Waals surface area contributed by atoms with Crippen LogP contribution in [0.2, 0.25) is 0 Å². The van der Waals surface area contributed by atoms with Gasteiger partial charge in [0.15, 0.2) is 0 Å². The average molecular weight is 271 g/mol. The zero-order chi connectivity index (χ0) is 14.2. The molecule has 20 heavy (non-hydrogen) atoms. The lowest BCUT2D eigenvalue weighted by molar-refractivity contribution is 0.407. The third-order valence-corrected chi connectivity index (χ3v) is 4.74. The molecule has 0 bridgehead atoms. The Hall–Kier alpha value is -1.74. The Kier molecular flexibility index (Phi) is 3.30. The van der Waals surface area contributed by atoms with Gasteiger partial charge in [0.25, 0.3) is 0 Å². The molecule has 1 saturated carbocycles. The van der Waals surface area contributed by atoms with Crippen molar-refractivity contribution in [3.05, 3.63) is 35.9 Å². The van der Waals surface area contributed by atoms with E-state index in [1.807, 2.05) is 30.3 Å². The van der Waals surface area contributed by atoms with E-state index in [9.17, 15) is 5.11 Å². The molecule has 0 spiro atoms. The summed E-state index contributed by atoms with van der Waals surface area (Å²) in [6.45, 7) is 0.593. The molecule has 0 amide bonds. The van der Waals surface area contributed by atoms with Crippen molar-refractivity contribution >= 4 is 10.8 Å². The standard InChI is InChI=1S/C17H21NO2/c1-20-15-6-4-5-13-12(15)7-8-14(16(13)19)17(11-18)9-2-3-10-17/h4-8,19H,2-3,9-11,18H2,1H3. The summed E-state index contributed by atoms with van der Waals surface area (Å²) in [6.07, 6.45) is 4.50. The molecule has 3 rings (SSSR count). The van der Waals surface area contributed by atoms with Gasteiger partial charge >= 0.3 is 0 Å². The fraction of sp³-hybridized carbons (Fsp3) is 0.412. The summed E-state index contributed by atoms with van der Waals surface area (Å²) in [5.41, 5.74) is 6.98. The number of aromatic hydroxyl groups is 1. The number of phenols is 1. The molecule has 0 atom stereocenters. The second-order valence-electron chi connectivity index (χ2n) is 5.71. The van der Waals surface area contributed by atoms with Gasteiger partial charge in [-0.25, -0.2) is 0 Å². The van der Waals surface area contributed by atoms with Crippen LogP contribution in [0.3, 0.4) is 0 Å². The van der Waals surface area contributed by atoms with Crippen molar-refractivity contribution in [2.24, 2.45) is 5.73 Å². The Balaban J connectivity index is 2.21. The van der Waals surface area contributed by atoms with Crippen LogP contribution in [0.1, 0.15) is 31.2 Å². The Morgan fingerprint density at radius 2 is 1.90 bits per heavy atom. The van der Waals surface area contributed by atoms with Crippen molar-refractivity contribution in [2.75, 3.05) is 13.7 Å². The SMILES string of the molecule is COc1cccc2c(O)c(C3(CN)CCCC3)ccc12. The molecule has 3 N–H and O–H groups in total. The fourth-order valence-corrected chi connectivity index (χ4v) is 3.55. The average Bonchev–Trinajstić information content (AvgIpc) is 2.97. The Morgan fingerprint density at radius 3 is 2.55 bits per heavy atom. The zero-order valence-electron chi connectivity index (χ0n) is 11.9. The van der Waals surface area contributed by atoms with Crippen LogP contribution in [0.15, 0.2) is 30.3 Å². The third kappa shape index (κ3) is 1.85. The highest BCUT2D eigenvalue weighted by Crippen LogP contribution is 2.46. The number of rotatable bonds is 3. The smallest absolute Gasteiger partial charge is 0.127 e. The van der Waals surface area contributed by atoms with Gasteiger partial charge < -0.3 is 15.6 Å². The molecule has 0 aromatic heterocycles. The maximum absolute atomic E-state index is 10.7. The van der Waals surface area contributed by atoms with Gasteiger partial charge in [0.1, 0.15) is 11.5 Å². The molecule has 0 unspecified atom stereocenters. The number of nitrogens with two attached hydrogens (primary N) is 1. The predicted molar refractivity (Wildman–Crippen MR) is 81.4 cm³/mol. The molecular formula is C17H21NO2. The van der Waals surface area contributed by atoms with Crippen LogP contribution in [0.5, 0.6) is 11.5 Å². The summed E-state index contributed by atoms with van der Waals surface area (Å²) < 4.78 is 5.36. The summed E-state index contributed by atoms with van der Waals surface area (Å²) >= 11 is 0. The molecule has 0 aliphatic heterocycles. The van der Waals surface area contributed by atoms with E-state index in [0.717, 1.165) is 34.9 Å². The molecule has 2 aromatic carbocycles. The quantitative estimate of drug-likeness (QED) is 0.900. The monoisotopic (exact) mass is 271 g/mol. The van der Waals surface area contributed by atoms with Gasteiger partial charge in [-0.1, -0.05) is 37.1 Å². The highest BCUT2D eigenvalue weighted by molar-refractivity contribution is 5.94. The molecule has 3 nitrogen and oxygen atoms in total. The van der Waals surface area contributed by atoms with E-state index in [2.05, 4.69) is 0 Å². The van der Waals surface area contributed by atoms with Gasteiger partial charge in [-0.15, -0.1) is 0 Å². The van der Waals surface area contributed by atoms with E-state index in [0.29, 0.717) is 12.3 Å². The number of benzene rings is 2. The first-order valence-electron chi connectivity index (χ1n) is 7.21. The predicted octanol–water partition coefficient (Wildman–Crippen LogP) is 3.32. The molecule has 0 radical (unpaired) electrons. The van der Waals surface area contributed by atoms with E-state index in [1.54, 1.807) is 7.11 Å². The normalized spacial score (nSPS) is 17.5. The highest BCUT2D eigenvalue weighted by atomic mass is 16.5. The molecule has 1 aliphatic rings. The number of fused-ring (bicyclic) bond motifs is 1. The summed E-state index contributed by atoms with van der Waals surface area (Å²) in [5.74, 6) is 1.16. The van der Waals surface area contributed by atoms with Crippen LogP contribution >= 0.6 is 0 Å². The minimum absolute atomic E-state index is 0.0542. The van der Waals surface area contributed by atoms with Crippen LogP contribution in [-0.4, -0.2) is 18.8 Å². The first-order valence-corrected chi connectivity index (χ1v) is 7.21.